The Morgan fingerprint density at radius 2 is 2.09 bits per heavy atom. The Labute approximate surface area is 159 Å². The zero-order valence-electron chi connectivity index (χ0n) is 12.6. The first-order chi connectivity index (χ1) is 10.2. The Morgan fingerprint density at radius 1 is 1.32 bits per heavy atom. The number of hydrogen-bond acceptors (Lipinski definition) is 2. The van der Waals surface area contributed by atoms with Gasteiger partial charge in [0.1, 0.15) is 0 Å². The molecule has 2 N–H and O–H groups in total. The summed E-state index contributed by atoms with van der Waals surface area (Å²) in [7, 11) is 1.74. The van der Waals surface area contributed by atoms with Crippen LogP contribution in [-0.2, 0) is 11.3 Å². The van der Waals surface area contributed by atoms with Crippen LogP contribution < -0.4 is 10.6 Å². The van der Waals surface area contributed by atoms with Crippen molar-refractivity contribution < 1.29 is 4.74 Å². The van der Waals surface area contributed by atoms with Crippen molar-refractivity contribution in [2.24, 2.45) is 10.9 Å². The molecule has 1 aromatic carbocycles. The van der Waals surface area contributed by atoms with E-state index in [1.165, 1.54) is 12.8 Å². The molecule has 0 saturated heterocycles. The fourth-order valence-electron chi connectivity index (χ4n) is 1.84. The van der Waals surface area contributed by atoms with Gasteiger partial charge in [0.05, 0.1) is 6.61 Å². The van der Waals surface area contributed by atoms with E-state index in [0.29, 0.717) is 23.2 Å². The van der Waals surface area contributed by atoms with E-state index in [2.05, 4.69) is 15.6 Å². The highest BCUT2D eigenvalue weighted by molar-refractivity contribution is 14.0. The molecule has 4 nitrogen and oxygen atoms in total. The van der Waals surface area contributed by atoms with Gasteiger partial charge in [0.25, 0.3) is 0 Å². The summed E-state index contributed by atoms with van der Waals surface area (Å²) in [6.07, 6.45) is 2.64. The predicted octanol–water partition coefficient (Wildman–Crippen LogP) is 3.70. The van der Waals surface area contributed by atoms with Crippen molar-refractivity contribution in [3.63, 3.8) is 0 Å². The van der Waals surface area contributed by atoms with Gasteiger partial charge in [-0.3, -0.25) is 4.99 Å². The van der Waals surface area contributed by atoms with Gasteiger partial charge in [0.2, 0.25) is 0 Å². The van der Waals surface area contributed by atoms with Crippen LogP contribution in [0.5, 0.6) is 0 Å². The van der Waals surface area contributed by atoms with Gasteiger partial charge >= 0.3 is 0 Å². The SMILES string of the molecule is CN=C(NCCOCC1CC1)NCc1ccc(Cl)cc1Cl.I. The number of guanidine groups is 1. The van der Waals surface area contributed by atoms with Crippen LogP contribution in [0.2, 0.25) is 10.0 Å². The van der Waals surface area contributed by atoms with E-state index in [0.717, 1.165) is 30.6 Å². The first kappa shape index (κ1) is 19.8. The van der Waals surface area contributed by atoms with Gasteiger partial charge in [0, 0.05) is 36.8 Å². The van der Waals surface area contributed by atoms with Crippen molar-refractivity contribution in [3.05, 3.63) is 33.8 Å². The first-order valence-electron chi connectivity index (χ1n) is 7.15. The van der Waals surface area contributed by atoms with E-state index in [1.54, 1.807) is 13.1 Å². The molecule has 7 heteroatoms. The van der Waals surface area contributed by atoms with E-state index in [9.17, 15) is 0 Å². The number of aliphatic imine (C=N–C) groups is 1. The fraction of sp³-hybridized carbons (Fsp3) is 0.533. The normalized spacial score (nSPS) is 14.4. The molecule has 0 unspecified atom stereocenters. The number of benzene rings is 1. The van der Waals surface area contributed by atoms with Gasteiger partial charge in [-0.25, -0.2) is 0 Å². The summed E-state index contributed by atoms with van der Waals surface area (Å²) in [4.78, 5) is 4.17. The molecule has 1 saturated carbocycles. The molecule has 2 rings (SSSR count). The van der Waals surface area contributed by atoms with Gasteiger partial charge in [-0.15, -0.1) is 24.0 Å². The van der Waals surface area contributed by atoms with Crippen LogP contribution in [0, 0.1) is 5.92 Å². The third kappa shape index (κ3) is 7.35. The molecule has 124 valence electrons. The fourth-order valence-corrected chi connectivity index (χ4v) is 2.32. The molecule has 22 heavy (non-hydrogen) atoms. The minimum Gasteiger partial charge on any atom is -0.379 e. The molecule has 1 aromatic rings. The molecule has 1 fully saturated rings. The van der Waals surface area contributed by atoms with E-state index in [1.807, 2.05) is 12.1 Å². The monoisotopic (exact) mass is 457 g/mol. The van der Waals surface area contributed by atoms with Crippen molar-refractivity contribution in [3.8, 4) is 0 Å². The lowest BCUT2D eigenvalue weighted by molar-refractivity contribution is 0.129. The minimum atomic E-state index is 0. The smallest absolute Gasteiger partial charge is 0.191 e. The molecular weight excluding hydrogens is 436 g/mol. The van der Waals surface area contributed by atoms with Crippen molar-refractivity contribution >= 4 is 53.1 Å². The maximum Gasteiger partial charge on any atom is 0.191 e. The van der Waals surface area contributed by atoms with Crippen molar-refractivity contribution in [2.75, 3.05) is 26.8 Å². The third-order valence-electron chi connectivity index (χ3n) is 3.27. The zero-order chi connectivity index (χ0) is 15.1. The van der Waals surface area contributed by atoms with Crippen LogP contribution in [0.25, 0.3) is 0 Å². The molecule has 0 aliphatic heterocycles. The summed E-state index contributed by atoms with van der Waals surface area (Å²) >= 11 is 12.0. The summed E-state index contributed by atoms with van der Waals surface area (Å²) in [6, 6.07) is 5.47. The summed E-state index contributed by atoms with van der Waals surface area (Å²) in [5, 5.41) is 7.71. The number of ether oxygens (including phenoxy) is 1. The lowest BCUT2D eigenvalue weighted by Gasteiger charge is -2.13. The van der Waals surface area contributed by atoms with Crippen LogP contribution in [0.1, 0.15) is 18.4 Å². The van der Waals surface area contributed by atoms with Crippen molar-refractivity contribution in [1.29, 1.82) is 0 Å². The topological polar surface area (TPSA) is 45.7 Å². The van der Waals surface area contributed by atoms with E-state index < -0.39 is 0 Å². The molecule has 0 radical (unpaired) electrons. The Morgan fingerprint density at radius 3 is 2.73 bits per heavy atom. The minimum absolute atomic E-state index is 0. The van der Waals surface area contributed by atoms with Gasteiger partial charge < -0.3 is 15.4 Å². The molecule has 0 atom stereocenters. The van der Waals surface area contributed by atoms with Crippen molar-refractivity contribution in [2.45, 2.75) is 19.4 Å². The standard InChI is InChI=1S/C15H21Cl2N3O.HI/c1-18-15(19-6-7-21-10-11-2-3-11)20-9-12-4-5-13(16)8-14(12)17;/h4-5,8,11H,2-3,6-7,9-10H2,1H3,(H2,18,19,20);1H. The number of halogens is 3. The lowest BCUT2D eigenvalue weighted by Crippen LogP contribution is -2.38. The molecule has 1 aliphatic rings. The number of rotatable bonds is 7. The van der Waals surface area contributed by atoms with Gasteiger partial charge in [-0.1, -0.05) is 29.3 Å². The molecule has 0 spiro atoms. The highest BCUT2D eigenvalue weighted by atomic mass is 127. The molecule has 0 bridgehead atoms. The Kier molecular flexibility index (Phi) is 9.47. The number of nitrogens with zero attached hydrogens (tertiary/aromatic N) is 1. The largest absolute Gasteiger partial charge is 0.379 e. The van der Waals surface area contributed by atoms with Crippen LogP contribution >= 0.6 is 47.2 Å². The van der Waals surface area contributed by atoms with Gasteiger partial charge in [0.15, 0.2) is 5.96 Å². The average Bonchev–Trinajstić information content (AvgIpc) is 3.27. The molecule has 0 heterocycles. The molecule has 0 amide bonds. The lowest BCUT2D eigenvalue weighted by atomic mass is 10.2. The van der Waals surface area contributed by atoms with Crippen LogP contribution in [0.3, 0.4) is 0 Å². The molecule has 1 aliphatic carbocycles. The molecule has 0 aromatic heterocycles. The van der Waals surface area contributed by atoms with E-state index >= 15 is 0 Å². The second-order valence-electron chi connectivity index (χ2n) is 5.11. The Hall–Kier alpha value is -0.240. The maximum absolute atomic E-state index is 6.13. The quantitative estimate of drug-likeness (QED) is 0.284. The van der Waals surface area contributed by atoms with Gasteiger partial charge in [-0.2, -0.15) is 0 Å². The second-order valence-corrected chi connectivity index (χ2v) is 5.95. The summed E-state index contributed by atoms with van der Waals surface area (Å²) in [5.74, 6) is 1.53. The first-order valence-corrected chi connectivity index (χ1v) is 7.91. The van der Waals surface area contributed by atoms with Crippen molar-refractivity contribution in [1.82, 2.24) is 10.6 Å². The molecular formula is C15H22Cl2IN3O. The van der Waals surface area contributed by atoms with E-state index in [4.69, 9.17) is 27.9 Å². The highest BCUT2D eigenvalue weighted by Crippen LogP contribution is 2.28. The summed E-state index contributed by atoms with van der Waals surface area (Å²) < 4.78 is 5.57. The number of hydrogen-bond donors (Lipinski definition) is 2. The average molecular weight is 458 g/mol. The predicted molar refractivity (Wildman–Crippen MR) is 104 cm³/mol. The Bertz CT molecular complexity index is 496. The summed E-state index contributed by atoms with van der Waals surface area (Å²) in [5.41, 5.74) is 0.981. The highest BCUT2D eigenvalue weighted by Gasteiger charge is 2.20. The van der Waals surface area contributed by atoms with Crippen LogP contribution in [0.4, 0.5) is 0 Å². The zero-order valence-corrected chi connectivity index (χ0v) is 16.4. The third-order valence-corrected chi connectivity index (χ3v) is 3.86. The Balaban J connectivity index is 0.00000242. The second kappa shape index (κ2) is 10.5. The van der Waals surface area contributed by atoms with Gasteiger partial charge in [-0.05, 0) is 36.5 Å². The number of nitrogens with one attached hydrogen (secondary N) is 2. The summed E-state index contributed by atoms with van der Waals surface area (Å²) in [6.45, 7) is 2.91. The maximum atomic E-state index is 6.13. The van der Waals surface area contributed by atoms with Crippen LogP contribution in [0.15, 0.2) is 23.2 Å². The van der Waals surface area contributed by atoms with Crippen LogP contribution in [-0.4, -0.2) is 32.8 Å². The van der Waals surface area contributed by atoms with E-state index in [-0.39, 0.29) is 24.0 Å².